The summed E-state index contributed by atoms with van der Waals surface area (Å²) in [5, 5.41) is 8.64. The topological polar surface area (TPSA) is 63.4 Å². The van der Waals surface area contributed by atoms with E-state index in [2.05, 4.69) is 15.2 Å². The summed E-state index contributed by atoms with van der Waals surface area (Å²) < 4.78 is 1.79. The van der Waals surface area contributed by atoms with Crippen LogP contribution in [0.4, 0.5) is 5.82 Å². The van der Waals surface area contributed by atoms with E-state index < -0.39 is 0 Å². The Kier molecular flexibility index (Phi) is 3.25. The minimum Gasteiger partial charge on any atom is -0.291 e. The molecule has 2 heterocycles. The van der Waals surface area contributed by atoms with Crippen molar-refractivity contribution in [2.24, 2.45) is 0 Å². The molecule has 0 radical (unpaired) electrons. The number of anilines is 1. The van der Waals surface area contributed by atoms with E-state index in [1.165, 1.54) is 6.92 Å². The van der Waals surface area contributed by atoms with Crippen LogP contribution in [0.5, 0.6) is 0 Å². The molecule has 0 aliphatic heterocycles. The van der Waals surface area contributed by atoms with Gasteiger partial charge < -0.3 is 0 Å². The van der Waals surface area contributed by atoms with Crippen LogP contribution < -0.4 is 4.90 Å². The highest BCUT2D eigenvalue weighted by molar-refractivity contribution is 6.31. The van der Waals surface area contributed by atoms with Crippen molar-refractivity contribution in [2.75, 3.05) is 4.90 Å². The van der Waals surface area contributed by atoms with Crippen LogP contribution in [0.2, 0.25) is 5.02 Å². The number of carbonyl (C=O) groups excluding carboxylic acids is 1. The second kappa shape index (κ2) is 4.96. The summed E-state index contributed by atoms with van der Waals surface area (Å²) in [5.74, 6) is 0.417. The highest BCUT2D eigenvalue weighted by Crippen LogP contribution is 2.26. The minimum atomic E-state index is -0.0873. The molecule has 7 heteroatoms. The predicted molar refractivity (Wildman–Crippen MR) is 81.6 cm³/mol. The zero-order valence-electron chi connectivity index (χ0n) is 11.9. The van der Waals surface area contributed by atoms with Gasteiger partial charge in [0.1, 0.15) is 6.33 Å². The molecule has 0 aliphatic carbocycles. The summed E-state index contributed by atoms with van der Waals surface area (Å²) in [7, 11) is 0. The van der Waals surface area contributed by atoms with Gasteiger partial charge in [-0.3, -0.25) is 14.1 Å². The highest BCUT2D eigenvalue weighted by Gasteiger charge is 2.22. The molecule has 0 spiro atoms. The Morgan fingerprint density at radius 2 is 2.14 bits per heavy atom. The van der Waals surface area contributed by atoms with Crippen LogP contribution in [0, 0.1) is 0 Å². The van der Waals surface area contributed by atoms with Crippen molar-refractivity contribution in [3.63, 3.8) is 0 Å². The van der Waals surface area contributed by atoms with Crippen molar-refractivity contribution in [2.45, 2.75) is 26.8 Å². The van der Waals surface area contributed by atoms with Gasteiger partial charge in [0.05, 0.1) is 11.0 Å². The zero-order chi connectivity index (χ0) is 15.1. The van der Waals surface area contributed by atoms with E-state index in [1.807, 2.05) is 19.9 Å². The first-order chi connectivity index (χ1) is 9.99. The maximum atomic E-state index is 11.9. The van der Waals surface area contributed by atoms with Crippen molar-refractivity contribution < 1.29 is 4.79 Å². The van der Waals surface area contributed by atoms with Gasteiger partial charge >= 0.3 is 0 Å². The third kappa shape index (κ3) is 2.21. The summed E-state index contributed by atoms with van der Waals surface area (Å²) in [6, 6.07) is 5.36. The van der Waals surface area contributed by atoms with E-state index in [1.54, 1.807) is 27.8 Å². The normalized spacial score (nSPS) is 11.5. The van der Waals surface area contributed by atoms with Crippen molar-refractivity contribution >= 4 is 40.0 Å². The molecule has 0 atom stereocenters. The van der Waals surface area contributed by atoms with E-state index in [-0.39, 0.29) is 11.9 Å². The van der Waals surface area contributed by atoms with Gasteiger partial charge in [0, 0.05) is 18.0 Å². The monoisotopic (exact) mass is 303 g/mol. The number of benzene rings is 1. The smallest absolute Gasteiger partial charge is 0.225 e. The largest absolute Gasteiger partial charge is 0.291 e. The molecule has 108 valence electrons. The number of carbonyl (C=O) groups is 1. The zero-order valence-corrected chi connectivity index (χ0v) is 12.7. The highest BCUT2D eigenvalue weighted by atomic mass is 35.5. The van der Waals surface area contributed by atoms with Crippen LogP contribution in [0.25, 0.3) is 16.7 Å². The minimum absolute atomic E-state index is 0.0275. The Balaban J connectivity index is 2.38. The van der Waals surface area contributed by atoms with Crippen LogP contribution in [-0.4, -0.2) is 31.5 Å². The molecule has 3 rings (SSSR count). The molecule has 21 heavy (non-hydrogen) atoms. The van der Waals surface area contributed by atoms with Crippen LogP contribution in [0.1, 0.15) is 20.8 Å². The fourth-order valence-corrected chi connectivity index (χ4v) is 2.60. The van der Waals surface area contributed by atoms with Gasteiger partial charge in [0.2, 0.25) is 11.6 Å². The maximum Gasteiger partial charge on any atom is 0.225 e. The Morgan fingerprint density at radius 3 is 2.81 bits per heavy atom. The number of fused-ring (bicyclic) bond motifs is 3. The summed E-state index contributed by atoms with van der Waals surface area (Å²) in [6.07, 6.45) is 1.60. The summed E-state index contributed by atoms with van der Waals surface area (Å²) >= 11 is 6.04. The molecule has 0 unspecified atom stereocenters. The van der Waals surface area contributed by atoms with E-state index in [0.29, 0.717) is 16.5 Å². The molecule has 0 N–H and O–H groups in total. The molecule has 0 saturated carbocycles. The first-order valence-corrected chi connectivity index (χ1v) is 6.95. The lowest BCUT2D eigenvalue weighted by molar-refractivity contribution is -0.116. The van der Waals surface area contributed by atoms with E-state index in [0.717, 1.165) is 11.0 Å². The van der Waals surface area contributed by atoms with Gasteiger partial charge in [-0.1, -0.05) is 11.6 Å². The SMILES string of the molecule is CC(=O)N(c1nc2ccc(Cl)cc2n2cnnc12)C(C)C. The summed E-state index contributed by atoms with van der Waals surface area (Å²) in [4.78, 5) is 18.1. The van der Waals surface area contributed by atoms with Gasteiger partial charge in [-0.05, 0) is 32.0 Å². The van der Waals surface area contributed by atoms with Crippen molar-refractivity contribution in [1.29, 1.82) is 0 Å². The Bertz CT molecular complexity index is 842. The van der Waals surface area contributed by atoms with Crippen LogP contribution >= 0.6 is 11.6 Å². The second-order valence-corrected chi connectivity index (χ2v) is 5.51. The van der Waals surface area contributed by atoms with Crippen molar-refractivity contribution in [3.05, 3.63) is 29.5 Å². The number of nitrogens with zero attached hydrogens (tertiary/aromatic N) is 5. The van der Waals surface area contributed by atoms with Crippen LogP contribution in [-0.2, 0) is 4.79 Å². The molecule has 6 nitrogen and oxygen atoms in total. The average Bonchev–Trinajstić information content (AvgIpc) is 2.88. The quantitative estimate of drug-likeness (QED) is 0.730. The number of amides is 1. The molecule has 1 aromatic carbocycles. The van der Waals surface area contributed by atoms with Gasteiger partial charge in [0.25, 0.3) is 0 Å². The molecule has 3 aromatic rings. The standard InChI is InChI=1S/C14H14ClN5O/c1-8(2)20(9(3)21)13-14-18-16-7-19(14)12-6-10(15)4-5-11(12)17-13/h4-8H,1-3H3. The molecule has 0 fully saturated rings. The van der Waals surface area contributed by atoms with Gasteiger partial charge in [-0.25, -0.2) is 4.98 Å². The third-order valence-corrected chi connectivity index (χ3v) is 3.49. The van der Waals surface area contributed by atoms with Crippen molar-refractivity contribution in [3.8, 4) is 0 Å². The molecule has 0 bridgehead atoms. The van der Waals surface area contributed by atoms with Gasteiger partial charge in [-0.15, -0.1) is 10.2 Å². The molecular weight excluding hydrogens is 290 g/mol. The molecule has 2 aromatic heterocycles. The lowest BCUT2D eigenvalue weighted by Gasteiger charge is -2.24. The molecule has 0 saturated heterocycles. The number of hydrogen-bond acceptors (Lipinski definition) is 4. The van der Waals surface area contributed by atoms with Crippen molar-refractivity contribution in [1.82, 2.24) is 19.6 Å². The first-order valence-electron chi connectivity index (χ1n) is 6.58. The Morgan fingerprint density at radius 1 is 1.38 bits per heavy atom. The second-order valence-electron chi connectivity index (χ2n) is 5.08. The van der Waals surface area contributed by atoms with Gasteiger partial charge in [0.15, 0.2) is 5.82 Å². The number of rotatable bonds is 2. The average molecular weight is 304 g/mol. The number of hydrogen-bond donors (Lipinski definition) is 0. The lowest BCUT2D eigenvalue weighted by atomic mass is 10.2. The Labute approximate surface area is 126 Å². The maximum absolute atomic E-state index is 11.9. The molecule has 0 aliphatic rings. The number of halogens is 1. The fraction of sp³-hybridized carbons (Fsp3) is 0.286. The number of aromatic nitrogens is 4. The van der Waals surface area contributed by atoms with E-state index in [4.69, 9.17) is 11.6 Å². The molecular formula is C14H14ClN5O. The predicted octanol–water partition coefficient (Wildman–Crippen LogP) is 2.69. The fourth-order valence-electron chi connectivity index (χ4n) is 2.43. The van der Waals surface area contributed by atoms with Crippen LogP contribution in [0.3, 0.4) is 0 Å². The third-order valence-electron chi connectivity index (χ3n) is 3.25. The Hall–Kier alpha value is -2.21. The van der Waals surface area contributed by atoms with Gasteiger partial charge in [-0.2, -0.15) is 0 Å². The van der Waals surface area contributed by atoms with E-state index in [9.17, 15) is 4.79 Å². The first kappa shape index (κ1) is 13.8. The van der Waals surface area contributed by atoms with Crippen LogP contribution in [0.15, 0.2) is 24.5 Å². The summed E-state index contributed by atoms with van der Waals surface area (Å²) in [6.45, 7) is 5.38. The lowest BCUT2D eigenvalue weighted by Crippen LogP contribution is -2.36. The molecule has 1 amide bonds. The summed E-state index contributed by atoms with van der Waals surface area (Å²) in [5.41, 5.74) is 2.07. The van der Waals surface area contributed by atoms with E-state index >= 15 is 0 Å².